The lowest BCUT2D eigenvalue weighted by Gasteiger charge is -2.27. The van der Waals surface area contributed by atoms with E-state index in [0.29, 0.717) is 24.9 Å². The van der Waals surface area contributed by atoms with Crippen LogP contribution in [0.25, 0.3) is 11.1 Å². The highest BCUT2D eigenvalue weighted by Crippen LogP contribution is 2.39. The summed E-state index contributed by atoms with van der Waals surface area (Å²) in [5, 5.41) is 0.0330. The zero-order valence-corrected chi connectivity index (χ0v) is 17.0. The summed E-state index contributed by atoms with van der Waals surface area (Å²) in [6.45, 7) is 7.07. The first-order chi connectivity index (χ1) is 12.5. The molecule has 0 aliphatic carbocycles. The third-order valence-corrected chi connectivity index (χ3v) is 5.40. The number of nitrogens with two attached hydrogens (primary N) is 1. The summed E-state index contributed by atoms with van der Waals surface area (Å²) in [5.74, 6) is 1.79. The van der Waals surface area contributed by atoms with Gasteiger partial charge < -0.3 is 15.2 Å². The van der Waals surface area contributed by atoms with E-state index in [-0.39, 0.29) is 5.03 Å². The molecule has 0 radical (unpaired) electrons. The molecule has 27 heavy (non-hydrogen) atoms. The summed E-state index contributed by atoms with van der Waals surface area (Å²) < 4.78 is 35.3. The van der Waals surface area contributed by atoms with Gasteiger partial charge in [0.15, 0.2) is 14.9 Å². The topological polar surface area (TPSA) is 91.5 Å². The van der Waals surface area contributed by atoms with Crippen LogP contribution in [0.5, 0.6) is 11.5 Å². The molecule has 1 aliphatic rings. The Kier molecular flexibility index (Phi) is 5.18. The molecule has 0 bridgehead atoms. The second-order valence-electron chi connectivity index (χ2n) is 7.94. The number of aromatic nitrogens is 1. The van der Waals surface area contributed by atoms with E-state index < -0.39 is 15.4 Å². The van der Waals surface area contributed by atoms with Crippen LogP contribution in [0, 0.1) is 5.92 Å². The molecule has 6 nitrogen and oxygen atoms in total. The molecule has 1 atom stereocenters. The maximum atomic E-state index is 11.8. The normalized spacial score (nSPS) is 15.5. The smallest absolute Gasteiger partial charge is 0.192 e. The molecule has 0 fully saturated rings. The molecule has 0 amide bonds. The number of hydrogen-bond donors (Lipinski definition) is 1. The Morgan fingerprint density at radius 2 is 2.04 bits per heavy atom. The molecule has 2 heterocycles. The van der Waals surface area contributed by atoms with Gasteiger partial charge in [0, 0.05) is 22.9 Å². The number of hydrogen-bond acceptors (Lipinski definition) is 6. The molecule has 0 saturated heterocycles. The van der Waals surface area contributed by atoms with Crippen LogP contribution in [-0.4, -0.2) is 31.8 Å². The number of pyridine rings is 1. The first-order valence-electron chi connectivity index (χ1n) is 8.93. The summed E-state index contributed by atoms with van der Waals surface area (Å²) in [4.78, 5) is 3.98. The van der Waals surface area contributed by atoms with Crippen molar-refractivity contribution in [2.75, 3.05) is 12.9 Å². The van der Waals surface area contributed by atoms with Crippen molar-refractivity contribution in [3.8, 4) is 22.6 Å². The molecule has 3 rings (SSSR count). The number of nitrogens with zero attached hydrogens (tertiary/aromatic N) is 1. The average Bonchev–Trinajstić information content (AvgIpc) is 2.57. The first kappa shape index (κ1) is 19.6. The summed E-state index contributed by atoms with van der Waals surface area (Å²) in [7, 11) is -3.39. The maximum Gasteiger partial charge on any atom is 0.192 e. The van der Waals surface area contributed by atoms with Crippen molar-refractivity contribution in [2.24, 2.45) is 11.7 Å². The molecule has 7 heteroatoms. The van der Waals surface area contributed by atoms with E-state index >= 15 is 0 Å². The largest absolute Gasteiger partial charge is 0.492 e. The SMILES string of the molecule is CC(C)CC(C)(N)COc1ccc2c(c1)COc1cnc(S(C)(=O)=O)cc1-2. The molecule has 1 aliphatic heterocycles. The molecule has 146 valence electrons. The van der Waals surface area contributed by atoms with E-state index in [1.807, 2.05) is 25.1 Å². The maximum absolute atomic E-state index is 11.8. The van der Waals surface area contributed by atoms with Crippen molar-refractivity contribution >= 4 is 9.84 Å². The lowest BCUT2D eigenvalue weighted by Crippen LogP contribution is -2.43. The van der Waals surface area contributed by atoms with E-state index in [0.717, 1.165) is 35.1 Å². The predicted octanol–water partition coefficient (Wildman–Crippen LogP) is 3.19. The van der Waals surface area contributed by atoms with Gasteiger partial charge in [-0.05, 0) is 43.0 Å². The van der Waals surface area contributed by atoms with Crippen LogP contribution in [0.15, 0.2) is 35.5 Å². The standard InChI is InChI=1S/C20H26N2O4S/c1-13(2)9-20(3,21)12-26-15-5-6-16-14(7-15)11-25-18-10-22-19(8-17(16)18)27(4,23)24/h5-8,10,13H,9,11-12,21H2,1-4H3. The molecule has 1 unspecified atom stereocenters. The molecular weight excluding hydrogens is 364 g/mol. The van der Waals surface area contributed by atoms with Gasteiger partial charge in [0.25, 0.3) is 0 Å². The Hall–Kier alpha value is -2.12. The van der Waals surface area contributed by atoms with Crippen LogP contribution in [0.4, 0.5) is 0 Å². The van der Waals surface area contributed by atoms with E-state index in [1.54, 1.807) is 6.07 Å². The number of benzene rings is 1. The van der Waals surface area contributed by atoms with Gasteiger partial charge >= 0.3 is 0 Å². The molecule has 0 spiro atoms. The lowest BCUT2D eigenvalue weighted by atomic mass is 9.93. The third kappa shape index (κ3) is 4.59. The van der Waals surface area contributed by atoms with Crippen LogP contribution < -0.4 is 15.2 Å². The van der Waals surface area contributed by atoms with Gasteiger partial charge in [-0.2, -0.15) is 0 Å². The summed E-state index contributed by atoms with van der Waals surface area (Å²) in [6, 6.07) is 7.28. The van der Waals surface area contributed by atoms with Crippen LogP contribution in [-0.2, 0) is 16.4 Å². The van der Waals surface area contributed by atoms with Crippen LogP contribution in [0.3, 0.4) is 0 Å². The van der Waals surface area contributed by atoms with Crippen LogP contribution in [0.1, 0.15) is 32.8 Å². The highest BCUT2D eigenvalue weighted by molar-refractivity contribution is 7.90. The Balaban J connectivity index is 1.85. The summed E-state index contributed by atoms with van der Waals surface area (Å²) >= 11 is 0. The third-order valence-electron chi connectivity index (χ3n) is 4.42. The minimum absolute atomic E-state index is 0.0330. The van der Waals surface area contributed by atoms with Gasteiger partial charge in [-0.25, -0.2) is 13.4 Å². The minimum Gasteiger partial charge on any atom is -0.492 e. The Labute approximate surface area is 160 Å². The van der Waals surface area contributed by atoms with Crippen molar-refractivity contribution in [3.63, 3.8) is 0 Å². The number of fused-ring (bicyclic) bond motifs is 3. The van der Waals surface area contributed by atoms with E-state index in [1.165, 1.54) is 6.20 Å². The van der Waals surface area contributed by atoms with Crippen molar-refractivity contribution < 1.29 is 17.9 Å². The number of ether oxygens (including phenoxy) is 2. The lowest BCUT2D eigenvalue weighted by molar-refractivity contribution is 0.206. The first-order valence-corrected chi connectivity index (χ1v) is 10.8. The molecule has 1 aromatic carbocycles. The Morgan fingerprint density at radius 3 is 2.70 bits per heavy atom. The summed E-state index contributed by atoms with van der Waals surface area (Å²) in [6.07, 6.45) is 3.48. The van der Waals surface area contributed by atoms with Gasteiger partial charge in [0.2, 0.25) is 0 Å². The molecule has 2 N–H and O–H groups in total. The van der Waals surface area contributed by atoms with Crippen molar-refractivity contribution in [2.45, 2.75) is 44.4 Å². The van der Waals surface area contributed by atoms with Gasteiger partial charge in [-0.3, -0.25) is 0 Å². The van der Waals surface area contributed by atoms with Crippen molar-refractivity contribution in [3.05, 3.63) is 36.0 Å². The highest BCUT2D eigenvalue weighted by Gasteiger charge is 2.23. The average molecular weight is 391 g/mol. The van der Waals surface area contributed by atoms with Crippen molar-refractivity contribution in [1.29, 1.82) is 0 Å². The Morgan fingerprint density at radius 1 is 1.30 bits per heavy atom. The fourth-order valence-corrected chi connectivity index (χ4v) is 3.97. The van der Waals surface area contributed by atoms with Crippen LogP contribution >= 0.6 is 0 Å². The molecule has 2 aromatic rings. The molecule has 0 saturated carbocycles. The second kappa shape index (κ2) is 7.13. The number of sulfone groups is 1. The van der Waals surface area contributed by atoms with Gasteiger partial charge in [0.1, 0.15) is 24.7 Å². The summed E-state index contributed by atoms with van der Waals surface area (Å²) in [5.41, 5.74) is 8.50. The van der Waals surface area contributed by atoms with Gasteiger partial charge in [-0.15, -0.1) is 0 Å². The van der Waals surface area contributed by atoms with Gasteiger partial charge in [0.05, 0.1) is 6.20 Å². The van der Waals surface area contributed by atoms with Crippen molar-refractivity contribution in [1.82, 2.24) is 4.98 Å². The van der Waals surface area contributed by atoms with E-state index in [4.69, 9.17) is 15.2 Å². The minimum atomic E-state index is -3.39. The highest BCUT2D eigenvalue weighted by atomic mass is 32.2. The zero-order valence-electron chi connectivity index (χ0n) is 16.2. The van der Waals surface area contributed by atoms with Crippen LogP contribution in [0.2, 0.25) is 0 Å². The second-order valence-corrected chi connectivity index (χ2v) is 9.90. The molecule has 1 aromatic heterocycles. The molecular formula is C20H26N2O4S. The zero-order chi connectivity index (χ0) is 19.8. The fourth-order valence-electron chi connectivity index (χ4n) is 3.39. The van der Waals surface area contributed by atoms with E-state index in [2.05, 4.69) is 18.8 Å². The quantitative estimate of drug-likeness (QED) is 0.814. The van der Waals surface area contributed by atoms with Gasteiger partial charge in [-0.1, -0.05) is 19.9 Å². The monoisotopic (exact) mass is 390 g/mol. The number of rotatable bonds is 6. The Bertz CT molecular complexity index is 952. The predicted molar refractivity (Wildman–Crippen MR) is 105 cm³/mol. The van der Waals surface area contributed by atoms with E-state index in [9.17, 15) is 8.42 Å². The fraction of sp³-hybridized carbons (Fsp3) is 0.450.